The average molecular weight is 282 g/mol. The minimum atomic E-state index is -0.202. The lowest BCUT2D eigenvalue weighted by Crippen LogP contribution is -2.41. The fraction of sp³-hybridized carbons (Fsp3) is 0.438. The van der Waals surface area contributed by atoms with Crippen molar-refractivity contribution < 1.29 is 4.79 Å². The van der Waals surface area contributed by atoms with Crippen LogP contribution in [0.2, 0.25) is 0 Å². The zero-order chi connectivity index (χ0) is 14.4. The summed E-state index contributed by atoms with van der Waals surface area (Å²) in [5.74, 6) is 2.58. The van der Waals surface area contributed by atoms with Gasteiger partial charge in [-0.1, -0.05) is 30.3 Å². The Morgan fingerprint density at radius 3 is 2.67 bits per heavy atom. The van der Waals surface area contributed by atoms with Crippen LogP contribution < -0.4 is 0 Å². The molecular formula is C16H18N4O. The van der Waals surface area contributed by atoms with E-state index in [1.807, 2.05) is 25.2 Å². The van der Waals surface area contributed by atoms with Crippen molar-refractivity contribution in [1.29, 1.82) is 0 Å². The zero-order valence-corrected chi connectivity index (χ0v) is 12.1. The zero-order valence-electron chi connectivity index (χ0n) is 12.1. The molecule has 1 aliphatic carbocycles. The number of hydrogen-bond donors (Lipinski definition) is 0. The molecule has 0 bridgehead atoms. The number of aromatic nitrogens is 3. The summed E-state index contributed by atoms with van der Waals surface area (Å²) < 4.78 is 2.10. The summed E-state index contributed by atoms with van der Waals surface area (Å²) in [4.78, 5) is 14.4. The Hall–Kier alpha value is -2.17. The molecular weight excluding hydrogens is 264 g/mol. The van der Waals surface area contributed by atoms with Gasteiger partial charge in [-0.05, 0) is 18.4 Å². The van der Waals surface area contributed by atoms with Gasteiger partial charge < -0.3 is 9.47 Å². The summed E-state index contributed by atoms with van der Waals surface area (Å²) in [6.45, 7) is 0.559. The number of likely N-dealkylation sites (N-methyl/N-ethyl adjacent to an activating group) is 1. The molecule has 1 aromatic carbocycles. The van der Waals surface area contributed by atoms with Gasteiger partial charge in [0.2, 0.25) is 5.91 Å². The van der Waals surface area contributed by atoms with Crippen LogP contribution >= 0.6 is 0 Å². The van der Waals surface area contributed by atoms with Crippen molar-refractivity contribution in [3.63, 3.8) is 0 Å². The fourth-order valence-electron chi connectivity index (χ4n) is 3.08. The second-order valence-electron chi connectivity index (χ2n) is 6.02. The molecule has 0 saturated heterocycles. The summed E-state index contributed by atoms with van der Waals surface area (Å²) in [5.41, 5.74) is 1.17. The maximum atomic E-state index is 12.6. The van der Waals surface area contributed by atoms with E-state index in [4.69, 9.17) is 0 Å². The summed E-state index contributed by atoms with van der Waals surface area (Å²) in [6.07, 6.45) is 3.04. The first-order chi connectivity index (χ1) is 10.2. The topological polar surface area (TPSA) is 51.0 Å². The van der Waals surface area contributed by atoms with Gasteiger partial charge in [0.05, 0.1) is 6.54 Å². The summed E-state index contributed by atoms with van der Waals surface area (Å²) >= 11 is 0. The van der Waals surface area contributed by atoms with Crippen LogP contribution in [0.4, 0.5) is 0 Å². The van der Waals surface area contributed by atoms with Crippen molar-refractivity contribution in [3.05, 3.63) is 47.5 Å². The van der Waals surface area contributed by atoms with Gasteiger partial charge in [0.1, 0.15) is 11.9 Å². The maximum Gasteiger partial charge on any atom is 0.246 e. The molecule has 21 heavy (non-hydrogen) atoms. The molecule has 1 saturated carbocycles. The van der Waals surface area contributed by atoms with Crippen LogP contribution in [-0.2, 0) is 17.8 Å². The van der Waals surface area contributed by atoms with Crippen LogP contribution in [-0.4, -0.2) is 32.6 Å². The minimum Gasteiger partial charge on any atom is -0.336 e. The Kier molecular flexibility index (Phi) is 2.80. The molecule has 4 rings (SSSR count). The SMILES string of the molecule is CN1Cc2nnc(C3CC3)n2[C@@H](Cc2ccccc2)C1=O. The van der Waals surface area contributed by atoms with Crippen LogP contribution in [0.15, 0.2) is 30.3 Å². The lowest BCUT2D eigenvalue weighted by molar-refractivity contribution is -0.136. The molecule has 5 nitrogen and oxygen atoms in total. The largest absolute Gasteiger partial charge is 0.336 e. The molecule has 0 N–H and O–H groups in total. The van der Waals surface area contributed by atoms with Gasteiger partial charge in [-0.15, -0.1) is 10.2 Å². The van der Waals surface area contributed by atoms with Crippen LogP contribution in [0.25, 0.3) is 0 Å². The van der Waals surface area contributed by atoms with E-state index in [1.165, 1.54) is 18.4 Å². The highest BCUT2D eigenvalue weighted by Crippen LogP contribution is 2.41. The Morgan fingerprint density at radius 2 is 1.95 bits per heavy atom. The van der Waals surface area contributed by atoms with E-state index in [9.17, 15) is 4.79 Å². The van der Waals surface area contributed by atoms with Gasteiger partial charge in [-0.25, -0.2) is 0 Å². The Bertz CT molecular complexity index is 675. The highest BCUT2D eigenvalue weighted by Gasteiger charge is 2.38. The molecule has 108 valence electrons. The number of carbonyl (C=O) groups excluding carboxylic acids is 1. The average Bonchev–Trinajstić information content (AvgIpc) is 3.26. The second-order valence-corrected chi connectivity index (χ2v) is 6.02. The van der Waals surface area contributed by atoms with Gasteiger partial charge in [0, 0.05) is 19.4 Å². The molecule has 2 aliphatic rings. The number of carbonyl (C=O) groups is 1. The van der Waals surface area contributed by atoms with Gasteiger partial charge >= 0.3 is 0 Å². The van der Waals surface area contributed by atoms with E-state index >= 15 is 0 Å². The van der Waals surface area contributed by atoms with Crippen molar-refractivity contribution >= 4 is 5.91 Å². The van der Waals surface area contributed by atoms with Gasteiger partial charge in [-0.3, -0.25) is 4.79 Å². The number of hydrogen-bond acceptors (Lipinski definition) is 3. The number of benzene rings is 1. The molecule has 0 spiro atoms. The van der Waals surface area contributed by atoms with Gasteiger partial charge in [0.25, 0.3) is 0 Å². The monoisotopic (exact) mass is 282 g/mol. The predicted molar refractivity (Wildman–Crippen MR) is 77.7 cm³/mol. The third-order valence-corrected chi connectivity index (χ3v) is 4.36. The van der Waals surface area contributed by atoms with Crippen molar-refractivity contribution in [3.8, 4) is 0 Å². The van der Waals surface area contributed by atoms with E-state index in [-0.39, 0.29) is 11.9 Å². The predicted octanol–water partition coefficient (Wildman–Crippen LogP) is 1.91. The number of rotatable bonds is 3. The molecule has 0 radical (unpaired) electrons. The van der Waals surface area contributed by atoms with E-state index in [2.05, 4.69) is 26.9 Å². The van der Waals surface area contributed by atoms with Crippen molar-refractivity contribution in [2.45, 2.75) is 37.8 Å². The van der Waals surface area contributed by atoms with Crippen LogP contribution in [0.1, 0.15) is 42.0 Å². The number of amides is 1. The Balaban J connectivity index is 1.74. The Labute approximate surface area is 123 Å². The molecule has 1 aromatic heterocycles. The fourth-order valence-corrected chi connectivity index (χ4v) is 3.08. The smallest absolute Gasteiger partial charge is 0.246 e. The summed E-state index contributed by atoms with van der Waals surface area (Å²) in [7, 11) is 1.84. The molecule has 1 aliphatic heterocycles. The molecule has 2 aromatic rings. The third kappa shape index (κ3) is 2.13. The quantitative estimate of drug-likeness (QED) is 0.864. The molecule has 0 unspecified atom stereocenters. The summed E-state index contributed by atoms with van der Waals surface area (Å²) in [5, 5.41) is 8.67. The molecule has 1 atom stereocenters. The van der Waals surface area contributed by atoms with Crippen LogP contribution in [0, 0.1) is 0 Å². The van der Waals surface area contributed by atoms with Crippen molar-refractivity contribution in [1.82, 2.24) is 19.7 Å². The van der Waals surface area contributed by atoms with E-state index < -0.39 is 0 Å². The van der Waals surface area contributed by atoms with Gasteiger partial charge in [-0.2, -0.15) is 0 Å². The first-order valence-corrected chi connectivity index (χ1v) is 7.46. The highest BCUT2D eigenvalue weighted by molar-refractivity contribution is 5.81. The van der Waals surface area contributed by atoms with Gasteiger partial charge in [0.15, 0.2) is 5.82 Å². The molecule has 1 fully saturated rings. The molecule has 1 amide bonds. The normalized spacial score (nSPS) is 21.5. The Morgan fingerprint density at radius 1 is 1.19 bits per heavy atom. The van der Waals surface area contributed by atoms with Crippen molar-refractivity contribution in [2.75, 3.05) is 7.05 Å². The molecule has 2 heterocycles. The van der Waals surface area contributed by atoms with E-state index in [0.717, 1.165) is 11.6 Å². The van der Waals surface area contributed by atoms with Crippen LogP contribution in [0.3, 0.4) is 0 Å². The first-order valence-electron chi connectivity index (χ1n) is 7.46. The van der Waals surface area contributed by atoms with Crippen LogP contribution in [0.5, 0.6) is 0 Å². The van der Waals surface area contributed by atoms with E-state index in [1.54, 1.807) is 4.90 Å². The highest BCUT2D eigenvalue weighted by atomic mass is 16.2. The third-order valence-electron chi connectivity index (χ3n) is 4.36. The second kappa shape index (κ2) is 4.69. The van der Waals surface area contributed by atoms with Crippen molar-refractivity contribution in [2.24, 2.45) is 0 Å². The lowest BCUT2D eigenvalue weighted by atomic mass is 10.0. The summed E-state index contributed by atoms with van der Waals surface area (Å²) in [6, 6.07) is 9.97. The number of fused-ring (bicyclic) bond motifs is 1. The van der Waals surface area contributed by atoms with E-state index in [0.29, 0.717) is 18.9 Å². The first kappa shape index (κ1) is 12.6. The maximum absolute atomic E-state index is 12.6. The number of nitrogens with zero attached hydrogens (tertiary/aromatic N) is 4. The minimum absolute atomic E-state index is 0.160. The standard InChI is InChI=1S/C16H18N4O/c1-19-10-14-17-18-15(12-7-8-12)20(14)13(16(19)21)9-11-5-3-2-4-6-11/h2-6,12-13H,7-10H2,1H3/t13-/m0/s1. The molecule has 5 heteroatoms. The lowest BCUT2D eigenvalue weighted by Gasteiger charge is -2.31.